The third-order valence-corrected chi connectivity index (χ3v) is 2.95. The molecule has 1 aromatic heterocycles. The largest absolute Gasteiger partial charge is 0.477 e. The Kier molecular flexibility index (Phi) is 5.23. The predicted octanol–water partition coefficient (Wildman–Crippen LogP) is 2.99. The summed E-state index contributed by atoms with van der Waals surface area (Å²) in [5.41, 5.74) is 0.257. The van der Waals surface area contributed by atoms with Gasteiger partial charge in [-0.05, 0) is 32.5 Å². The highest BCUT2D eigenvalue weighted by atomic mass is 35.5. The highest BCUT2D eigenvalue weighted by molar-refractivity contribution is 6.30. The minimum atomic E-state index is -0.936. The average Bonchev–Trinajstić information content (AvgIpc) is 2.58. The Labute approximate surface area is 113 Å². The van der Waals surface area contributed by atoms with E-state index >= 15 is 0 Å². The van der Waals surface area contributed by atoms with E-state index < -0.39 is 5.97 Å². The maximum atomic E-state index is 11.2. The standard InChI is InChI=1S/C13H21ClN2O2/c1-9(2)5-11(8-15(3)4)16-7-10(14)6-12(16)13(17)18/h6-7,9,11H,5,8H2,1-4H3,(H,17,18). The molecule has 0 saturated heterocycles. The first-order valence-corrected chi connectivity index (χ1v) is 6.44. The summed E-state index contributed by atoms with van der Waals surface area (Å²) in [6.07, 6.45) is 2.63. The maximum Gasteiger partial charge on any atom is 0.352 e. The van der Waals surface area contributed by atoms with Gasteiger partial charge in [0.05, 0.1) is 5.02 Å². The first kappa shape index (κ1) is 15.1. The van der Waals surface area contributed by atoms with E-state index in [1.54, 1.807) is 10.8 Å². The van der Waals surface area contributed by atoms with Crippen LogP contribution in [0.1, 0.15) is 36.8 Å². The summed E-state index contributed by atoms with van der Waals surface area (Å²) in [5, 5.41) is 9.68. The minimum Gasteiger partial charge on any atom is -0.477 e. The second-order valence-corrected chi connectivity index (χ2v) is 5.74. The number of likely N-dealkylation sites (N-methyl/N-ethyl adjacent to an activating group) is 1. The lowest BCUT2D eigenvalue weighted by molar-refractivity contribution is 0.0680. The van der Waals surface area contributed by atoms with Gasteiger partial charge in [0, 0.05) is 18.8 Å². The van der Waals surface area contributed by atoms with Crippen molar-refractivity contribution >= 4 is 17.6 Å². The molecular weight excluding hydrogens is 252 g/mol. The molecule has 1 heterocycles. The van der Waals surface area contributed by atoms with Crippen LogP contribution in [0.3, 0.4) is 0 Å². The molecule has 0 radical (unpaired) electrons. The summed E-state index contributed by atoms with van der Waals surface area (Å²) in [4.78, 5) is 13.3. The quantitative estimate of drug-likeness (QED) is 0.866. The summed E-state index contributed by atoms with van der Waals surface area (Å²) >= 11 is 5.93. The van der Waals surface area contributed by atoms with Gasteiger partial charge in [-0.1, -0.05) is 25.4 Å². The average molecular weight is 273 g/mol. The normalized spacial score (nSPS) is 13.3. The molecule has 0 amide bonds. The molecule has 1 N–H and O–H groups in total. The van der Waals surface area contributed by atoms with Crippen molar-refractivity contribution in [3.63, 3.8) is 0 Å². The van der Waals surface area contributed by atoms with Gasteiger partial charge in [0.25, 0.3) is 0 Å². The van der Waals surface area contributed by atoms with E-state index in [2.05, 4.69) is 18.7 Å². The molecule has 0 bridgehead atoms. The molecule has 0 aliphatic heterocycles. The van der Waals surface area contributed by atoms with Crippen LogP contribution in [-0.4, -0.2) is 41.2 Å². The van der Waals surface area contributed by atoms with Crippen LogP contribution in [0.25, 0.3) is 0 Å². The molecule has 0 spiro atoms. The Hall–Kier alpha value is -1.00. The van der Waals surface area contributed by atoms with E-state index in [1.807, 2.05) is 14.1 Å². The second-order valence-electron chi connectivity index (χ2n) is 5.30. The van der Waals surface area contributed by atoms with E-state index in [4.69, 9.17) is 11.6 Å². The molecule has 1 rings (SSSR count). The van der Waals surface area contributed by atoms with Gasteiger partial charge in [-0.15, -0.1) is 0 Å². The van der Waals surface area contributed by atoms with Crippen molar-refractivity contribution in [1.82, 2.24) is 9.47 Å². The van der Waals surface area contributed by atoms with E-state index in [-0.39, 0.29) is 11.7 Å². The zero-order valence-electron chi connectivity index (χ0n) is 11.4. The molecule has 0 saturated carbocycles. The molecule has 0 aliphatic rings. The highest BCUT2D eigenvalue weighted by Gasteiger charge is 2.20. The summed E-state index contributed by atoms with van der Waals surface area (Å²) in [7, 11) is 3.97. The van der Waals surface area contributed by atoms with Crippen molar-refractivity contribution in [3.8, 4) is 0 Å². The number of halogens is 1. The van der Waals surface area contributed by atoms with E-state index in [1.165, 1.54) is 6.07 Å². The zero-order valence-corrected chi connectivity index (χ0v) is 12.1. The summed E-state index contributed by atoms with van der Waals surface area (Å²) in [6.45, 7) is 5.06. The number of hydrogen-bond acceptors (Lipinski definition) is 2. The molecule has 0 aliphatic carbocycles. The molecule has 5 heteroatoms. The van der Waals surface area contributed by atoms with Crippen molar-refractivity contribution < 1.29 is 9.90 Å². The smallest absolute Gasteiger partial charge is 0.352 e. The Morgan fingerprint density at radius 3 is 2.56 bits per heavy atom. The SMILES string of the molecule is CC(C)CC(CN(C)C)n1cc(Cl)cc1C(=O)O. The second kappa shape index (κ2) is 6.25. The van der Waals surface area contributed by atoms with E-state index in [9.17, 15) is 9.90 Å². The van der Waals surface area contributed by atoms with Crippen molar-refractivity contribution in [2.24, 2.45) is 5.92 Å². The number of nitrogens with zero attached hydrogens (tertiary/aromatic N) is 2. The predicted molar refractivity (Wildman–Crippen MR) is 73.4 cm³/mol. The number of aromatic nitrogens is 1. The maximum absolute atomic E-state index is 11.2. The van der Waals surface area contributed by atoms with E-state index in [0.717, 1.165) is 13.0 Å². The van der Waals surface area contributed by atoms with Crippen molar-refractivity contribution in [1.29, 1.82) is 0 Å². The monoisotopic (exact) mass is 272 g/mol. The van der Waals surface area contributed by atoms with Crippen molar-refractivity contribution in [2.75, 3.05) is 20.6 Å². The van der Waals surface area contributed by atoms with Crippen LogP contribution in [0.5, 0.6) is 0 Å². The number of carboxylic acid groups (broad SMARTS) is 1. The fraction of sp³-hybridized carbons (Fsp3) is 0.615. The van der Waals surface area contributed by atoms with Gasteiger partial charge in [0.1, 0.15) is 5.69 Å². The first-order chi connectivity index (χ1) is 8.31. The Balaban J connectivity index is 3.07. The summed E-state index contributed by atoms with van der Waals surface area (Å²) in [5.74, 6) is -0.438. The van der Waals surface area contributed by atoms with Gasteiger partial charge in [-0.2, -0.15) is 0 Å². The van der Waals surface area contributed by atoms with Gasteiger partial charge in [0.2, 0.25) is 0 Å². The zero-order chi connectivity index (χ0) is 13.9. The molecule has 0 fully saturated rings. The number of carboxylic acids is 1. The van der Waals surface area contributed by atoms with Crippen LogP contribution >= 0.6 is 11.6 Å². The lowest BCUT2D eigenvalue weighted by Gasteiger charge is -2.25. The van der Waals surface area contributed by atoms with Crippen LogP contribution in [0.4, 0.5) is 0 Å². The Morgan fingerprint density at radius 2 is 2.11 bits per heavy atom. The fourth-order valence-electron chi connectivity index (χ4n) is 2.16. The van der Waals surface area contributed by atoms with Crippen LogP contribution < -0.4 is 0 Å². The molecule has 1 unspecified atom stereocenters. The molecule has 4 nitrogen and oxygen atoms in total. The Bertz CT molecular complexity index is 403. The molecule has 1 atom stereocenters. The van der Waals surface area contributed by atoms with Crippen LogP contribution in [0, 0.1) is 5.92 Å². The summed E-state index contributed by atoms with van der Waals surface area (Å²) in [6, 6.07) is 1.63. The molecule has 0 aromatic carbocycles. The highest BCUT2D eigenvalue weighted by Crippen LogP contribution is 2.24. The van der Waals surface area contributed by atoms with Crippen LogP contribution in [0.2, 0.25) is 5.02 Å². The number of hydrogen-bond donors (Lipinski definition) is 1. The first-order valence-electron chi connectivity index (χ1n) is 6.06. The third-order valence-electron chi connectivity index (χ3n) is 2.75. The lowest BCUT2D eigenvalue weighted by atomic mass is 10.0. The van der Waals surface area contributed by atoms with Gasteiger partial charge in [-0.25, -0.2) is 4.79 Å². The molecular formula is C13H21ClN2O2. The van der Waals surface area contributed by atoms with Gasteiger partial charge in [-0.3, -0.25) is 0 Å². The fourth-order valence-corrected chi connectivity index (χ4v) is 2.37. The summed E-state index contributed by atoms with van der Waals surface area (Å²) < 4.78 is 1.78. The minimum absolute atomic E-state index is 0.124. The van der Waals surface area contributed by atoms with Crippen LogP contribution in [0.15, 0.2) is 12.3 Å². The van der Waals surface area contributed by atoms with Gasteiger partial charge < -0.3 is 14.6 Å². The molecule has 18 heavy (non-hydrogen) atoms. The van der Waals surface area contributed by atoms with Gasteiger partial charge in [0.15, 0.2) is 0 Å². The number of rotatable bonds is 6. The van der Waals surface area contributed by atoms with Gasteiger partial charge >= 0.3 is 5.97 Å². The Morgan fingerprint density at radius 1 is 1.50 bits per heavy atom. The van der Waals surface area contributed by atoms with Crippen molar-refractivity contribution in [3.05, 3.63) is 23.0 Å². The van der Waals surface area contributed by atoms with Crippen molar-refractivity contribution in [2.45, 2.75) is 26.3 Å². The van der Waals surface area contributed by atoms with E-state index in [0.29, 0.717) is 10.9 Å². The molecule has 102 valence electrons. The number of carbonyl (C=O) groups is 1. The lowest BCUT2D eigenvalue weighted by Crippen LogP contribution is -2.27. The topological polar surface area (TPSA) is 45.5 Å². The molecule has 1 aromatic rings. The van der Waals surface area contributed by atoms with Crippen LogP contribution in [-0.2, 0) is 0 Å². The number of aromatic carboxylic acids is 1. The third kappa shape index (κ3) is 4.03.